The van der Waals surface area contributed by atoms with E-state index >= 15 is 0 Å². The summed E-state index contributed by atoms with van der Waals surface area (Å²) in [5.41, 5.74) is 2.15. The van der Waals surface area contributed by atoms with Crippen LogP contribution >= 0.6 is 0 Å². The van der Waals surface area contributed by atoms with Crippen molar-refractivity contribution in [1.82, 2.24) is 9.80 Å². The molecule has 0 aromatic heterocycles. The first-order chi connectivity index (χ1) is 9.56. The number of amides is 2. The number of likely N-dealkylation sites (N-methyl/N-ethyl adjacent to an activating group) is 1. The maximum atomic E-state index is 12.1. The average molecular weight is 276 g/mol. The van der Waals surface area contributed by atoms with Gasteiger partial charge in [-0.2, -0.15) is 0 Å². The molecule has 4 heteroatoms. The predicted molar refractivity (Wildman–Crippen MR) is 80.4 cm³/mol. The van der Waals surface area contributed by atoms with Crippen LogP contribution in [0.2, 0.25) is 0 Å². The largest absolute Gasteiger partial charge is 0.342 e. The van der Waals surface area contributed by atoms with E-state index in [2.05, 4.69) is 0 Å². The van der Waals surface area contributed by atoms with Crippen LogP contribution in [0.5, 0.6) is 0 Å². The van der Waals surface area contributed by atoms with Crippen molar-refractivity contribution in [1.29, 1.82) is 0 Å². The van der Waals surface area contributed by atoms with Crippen molar-refractivity contribution in [2.75, 3.05) is 26.7 Å². The van der Waals surface area contributed by atoms with Gasteiger partial charge in [0.15, 0.2) is 0 Å². The zero-order valence-electron chi connectivity index (χ0n) is 12.8. The summed E-state index contributed by atoms with van der Waals surface area (Å²) >= 11 is 0. The molecule has 1 aromatic carbocycles. The number of hydrogen-bond donors (Lipinski definition) is 0. The van der Waals surface area contributed by atoms with Gasteiger partial charge in [0.2, 0.25) is 11.8 Å². The molecule has 20 heavy (non-hydrogen) atoms. The quantitative estimate of drug-likeness (QED) is 0.827. The van der Waals surface area contributed by atoms with Gasteiger partial charge in [-0.1, -0.05) is 43.7 Å². The molecule has 0 atom stereocenters. The Hall–Kier alpha value is -1.84. The van der Waals surface area contributed by atoms with Gasteiger partial charge < -0.3 is 9.80 Å². The molecule has 1 aromatic rings. The Balaban J connectivity index is 0.000000956. The smallest absolute Gasteiger partial charge is 0.241 e. The van der Waals surface area contributed by atoms with Crippen molar-refractivity contribution in [3.8, 4) is 0 Å². The van der Waals surface area contributed by atoms with Crippen LogP contribution in [0.1, 0.15) is 25.0 Å². The van der Waals surface area contributed by atoms with Gasteiger partial charge in [0.05, 0.1) is 13.0 Å². The van der Waals surface area contributed by atoms with E-state index in [-0.39, 0.29) is 18.4 Å². The molecule has 1 heterocycles. The second-order valence-corrected chi connectivity index (χ2v) is 4.80. The molecule has 0 saturated carbocycles. The highest BCUT2D eigenvalue weighted by Crippen LogP contribution is 2.08. The van der Waals surface area contributed by atoms with Crippen molar-refractivity contribution >= 4 is 11.8 Å². The molecule has 110 valence electrons. The Labute approximate surface area is 121 Å². The third-order valence-corrected chi connectivity index (χ3v) is 3.25. The zero-order chi connectivity index (χ0) is 15.1. The summed E-state index contributed by atoms with van der Waals surface area (Å²) in [4.78, 5) is 26.9. The van der Waals surface area contributed by atoms with Crippen LogP contribution < -0.4 is 0 Å². The fourth-order valence-corrected chi connectivity index (χ4v) is 2.08. The normalized spacial score (nSPS) is 14.7. The minimum Gasteiger partial charge on any atom is -0.342 e. The maximum Gasteiger partial charge on any atom is 0.241 e. The zero-order valence-corrected chi connectivity index (χ0v) is 12.8. The van der Waals surface area contributed by atoms with E-state index in [1.54, 1.807) is 16.8 Å². The summed E-state index contributed by atoms with van der Waals surface area (Å²) < 4.78 is 0. The summed E-state index contributed by atoms with van der Waals surface area (Å²) in [6.45, 7) is 7.47. The number of hydrogen-bond acceptors (Lipinski definition) is 2. The third kappa shape index (κ3) is 4.37. The lowest BCUT2D eigenvalue weighted by atomic mass is 10.1. The van der Waals surface area contributed by atoms with Crippen LogP contribution in [-0.4, -0.2) is 48.3 Å². The number of carbonyl (C=O) groups is 2. The maximum absolute atomic E-state index is 12.1. The monoisotopic (exact) mass is 276 g/mol. The number of rotatable bonds is 2. The Kier molecular flexibility index (Phi) is 6.22. The summed E-state index contributed by atoms with van der Waals surface area (Å²) in [7, 11) is 1.77. The van der Waals surface area contributed by atoms with Gasteiger partial charge >= 0.3 is 0 Å². The first-order valence-corrected chi connectivity index (χ1v) is 7.13. The summed E-state index contributed by atoms with van der Waals surface area (Å²) in [6, 6.07) is 7.92. The van der Waals surface area contributed by atoms with E-state index in [4.69, 9.17) is 0 Å². The Morgan fingerprint density at radius 3 is 2.55 bits per heavy atom. The van der Waals surface area contributed by atoms with E-state index in [9.17, 15) is 9.59 Å². The van der Waals surface area contributed by atoms with Crippen LogP contribution in [0.4, 0.5) is 0 Å². The second-order valence-electron chi connectivity index (χ2n) is 4.80. The number of piperazine rings is 1. The van der Waals surface area contributed by atoms with Crippen molar-refractivity contribution < 1.29 is 9.59 Å². The van der Waals surface area contributed by atoms with Crippen LogP contribution in [-0.2, 0) is 16.0 Å². The Bertz CT molecular complexity index is 471. The lowest BCUT2D eigenvalue weighted by Crippen LogP contribution is -2.51. The number of aryl methyl sites for hydroxylation is 1. The predicted octanol–water partition coefficient (Wildman–Crippen LogP) is 1.86. The molecule has 0 N–H and O–H groups in total. The van der Waals surface area contributed by atoms with Crippen molar-refractivity contribution in [2.24, 2.45) is 0 Å². The van der Waals surface area contributed by atoms with Gasteiger partial charge in [0.1, 0.15) is 0 Å². The lowest BCUT2D eigenvalue weighted by Gasteiger charge is -2.32. The molecular formula is C16H24N2O2. The average Bonchev–Trinajstić information content (AvgIpc) is 2.44. The van der Waals surface area contributed by atoms with E-state index in [1.165, 1.54) is 0 Å². The molecule has 1 fully saturated rings. The third-order valence-electron chi connectivity index (χ3n) is 3.25. The molecule has 1 aliphatic heterocycles. The molecule has 4 nitrogen and oxygen atoms in total. The van der Waals surface area contributed by atoms with Gasteiger partial charge in [-0.05, 0) is 12.5 Å². The van der Waals surface area contributed by atoms with Crippen LogP contribution in [0.3, 0.4) is 0 Å². The van der Waals surface area contributed by atoms with Crippen LogP contribution in [0.15, 0.2) is 24.3 Å². The standard InChI is InChI=1S/C14H18N2O2.C2H6/c1-11-4-3-5-12(8-11)9-13(17)16-7-6-15(2)14(18)10-16;1-2/h3-5,8H,6-7,9-10H2,1-2H3;1-2H3. The topological polar surface area (TPSA) is 40.6 Å². The van der Waals surface area contributed by atoms with Crippen LogP contribution in [0, 0.1) is 6.92 Å². The fraction of sp³-hybridized carbons (Fsp3) is 0.500. The minimum absolute atomic E-state index is 0.0128. The Morgan fingerprint density at radius 1 is 1.25 bits per heavy atom. The van der Waals surface area contributed by atoms with Crippen molar-refractivity contribution in [3.05, 3.63) is 35.4 Å². The molecule has 0 radical (unpaired) electrons. The van der Waals surface area contributed by atoms with E-state index in [0.717, 1.165) is 11.1 Å². The molecule has 1 aliphatic rings. The fourth-order valence-electron chi connectivity index (χ4n) is 2.08. The highest BCUT2D eigenvalue weighted by Gasteiger charge is 2.24. The summed E-state index contributed by atoms with van der Waals surface area (Å²) in [6.07, 6.45) is 0.374. The van der Waals surface area contributed by atoms with Gasteiger partial charge in [-0.15, -0.1) is 0 Å². The number of benzene rings is 1. The van der Waals surface area contributed by atoms with Gasteiger partial charge in [0.25, 0.3) is 0 Å². The van der Waals surface area contributed by atoms with Crippen molar-refractivity contribution in [3.63, 3.8) is 0 Å². The molecule has 0 spiro atoms. The van der Waals surface area contributed by atoms with E-state index < -0.39 is 0 Å². The first-order valence-electron chi connectivity index (χ1n) is 7.13. The minimum atomic E-state index is 0.0128. The highest BCUT2D eigenvalue weighted by molar-refractivity contribution is 5.86. The molecule has 0 aliphatic carbocycles. The van der Waals surface area contributed by atoms with Crippen molar-refractivity contribution in [2.45, 2.75) is 27.2 Å². The molecule has 0 unspecified atom stereocenters. The van der Waals surface area contributed by atoms with Gasteiger partial charge in [0, 0.05) is 20.1 Å². The lowest BCUT2D eigenvalue weighted by molar-refractivity contribution is -0.143. The molecule has 2 rings (SSSR count). The van der Waals surface area contributed by atoms with E-state index in [0.29, 0.717) is 19.5 Å². The van der Waals surface area contributed by atoms with E-state index in [1.807, 2.05) is 45.0 Å². The van der Waals surface area contributed by atoms with Crippen LogP contribution in [0.25, 0.3) is 0 Å². The second kappa shape index (κ2) is 7.68. The summed E-state index contributed by atoms with van der Waals surface area (Å²) in [5.74, 6) is 0.0425. The molecular weight excluding hydrogens is 252 g/mol. The molecule has 0 bridgehead atoms. The van der Waals surface area contributed by atoms with Gasteiger partial charge in [-0.25, -0.2) is 0 Å². The number of nitrogens with zero attached hydrogens (tertiary/aromatic N) is 2. The van der Waals surface area contributed by atoms with Gasteiger partial charge in [-0.3, -0.25) is 9.59 Å². The number of carbonyl (C=O) groups excluding carboxylic acids is 2. The first kappa shape index (κ1) is 16.2. The SMILES string of the molecule is CC.Cc1cccc(CC(=O)N2CCN(C)C(=O)C2)c1. The summed E-state index contributed by atoms with van der Waals surface area (Å²) in [5, 5.41) is 0. The molecule has 2 amide bonds. The Morgan fingerprint density at radius 2 is 1.95 bits per heavy atom. The highest BCUT2D eigenvalue weighted by atomic mass is 16.2. The molecule has 1 saturated heterocycles.